The van der Waals surface area contributed by atoms with Crippen LogP contribution in [-0.4, -0.2) is 77.5 Å². The summed E-state index contributed by atoms with van der Waals surface area (Å²) in [6, 6.07) is -3.84. The summed E-state index contributed by atoms with van der Waals surface area (Å²) >= 11 is 1.47. The average Bonchev–Trinajstić information content (AvgIpc) is 2.71. The third kappa shape index (κ3) is 13.6. The number of carboxylic acids is 1. The Hall–Kier alpha value is -2.54. The smallest absolute Gasteiger partial charge is 0.326 e. The zero-order chi connectivity index (χ0) is 25.6. The lowest BCUT2D eigenvalue weighted by atomic mass is 10.0. The van der Waals surface area contributed by atoms with E-state index >= 15 is 0 Å². The largest absolute Gasteiger partial charge is 0.480 e. The van der Waals surface area contributed by atoms with Crippen LogP contribution in [0, 0.1) is 5.92 Å². The normalized spacial score (nSPS) is 14.5. The maximum absolute atomic E-state index is 13.0. The Bertz CT molecular complexity index is 684. The molecule has 0 aromatic rings. The van der Waals surface area contributed by atoms with Crippen molar-refractivity contribution in [3.63, 3.8) is 0 Å². The number of rotatable bonds is 16. The molecule has 0 radical (unpaired) electrons. The molecule has 0 heterocycles. The van der Waals surface area contributed by atoms with Crippen molar-refractivity contribution >= 4 is 41.4 Å². The molecule has 12 nitrogen and oxygen atoms in total. The van der Waals surface area contributed by atoms with Crippen molar-refractivity contribution in [1.82, 2.24) is 16.0 Å². The van der Waals surface area contributed by atoms with Crippen molar-refractivity contribution in [3.05, 3.63) is 0 Å². The van der Waals surface area contributed by atoms with Gasteiger partial charge in [-0.05, 0) is 50.5 Å². The minimum absolute atomic E-state index is 0.0366. The fraction of sp³-hybridized carbons (Fsp3) is 0.750. The Balaban J connectivity index is 5.43. The van der Waals surface area contributed by atoms with Gasteiger partial charge in [0.05, 0.1) is 6.04 Å². The zero-order valence-corrected chi connectivity index (χ0v) is 20.6. The zero-order valence-electron chi connectivity index (χ0n) is 19.8. The van der Waals surface area contributed by atoms with Crippen molar-refractivity contribution in [2.45, 2.75) is 70.6 Å². The molecule has 10 N–H and O–H groups in total. The van der Waals surface area contributed by atoms with Gasteiger partial charge < -0.3 is 38.3 Å². The van der Waals surface area contributed by atoms with Crippen molar-refractivity contribution in [2.75, 3.05) is 18.6 Å². The molecule has 0 bridgehead atoms. The molecule has 0 aromatic carbocycles. The van der Waals surface area contributed by atoms with Crippen LogP contribution < -0.4 is 33.2 Å². The molecule has 0 spiro atoms. The average molecular weight is 490 g/mol. The molecule has 33 heavy (non-hydrogen) atoms. The fourth-order valence-corrected chi connectivity index (χ4v) is 3.29. The molecule has 0 aliphatic rings. The number of nitrogens with one attached hydrogen (secondary N) is 3. The van der Waals surface area contributed by atoms with E-state index in [1.165, 1.54) is 18.7 Å². The van der Waals surface area contributed by atoms with E-state index in [2.05, 4.69) is 20.9 Å². The quantitative estimate of drug-likeness (QED) is 0.0779. The highest BCUT2D eigenvalue weighted by Gasteiger charge is 2.30. The number of aliphatic imine (C=N–C) groups is 1. The van der Waals surface area contributed by atoms with E-state index in [0.29, 0.717) is 12.2 Å². The molecule has 0 aliphatic heterocycles. The topological polar surface area (TPSA) is 215 Å². The molecule has 13 heteroatoms. The molecule has 0 rings (SSSR count). The standard InChI is InChI=1S/C20H39N7O5S/c1-11(2)10-15(18(30)26-14(19(31)32)7-9-33-4)27-17(29)13(25-16(28)12(3)21)6-5-8-24-20(22)23/h11-15H,5-10,21H2,1-4H3,(H,25,28)(H,26,30)(H,27,29)(H,31,32)(H4,22,23,24). The number of nitrogens with two attached hydrogens (primary N) is 3. The van der Waals surface area contributed by atoms with Gasteiger partial charge >= 0.3 is 5.97 Å². The molecular weight excluding hydrogens is 450 g/mol. The second kappa shape index (κ2) is 16.1. The lowest BCUT2D eigenvalue weighted by molar-refractivity contribution is -0.142. The van der Waals surface area contributed by atoms with Crippen molar-refractivity contribution < 1.29 is 24.3 Å². The highest BCUT2D eigenvalue weighted by molar-refractivity contribution is 7.98. The van der Waals surface area contributed by atoms with Gasteiger partial charge in [0.15, 0.2) is 5.96 Å². The second-order valence-corrected chi connectivity index (χ2v) is 9.16. The van der Waals surface area contributed by atoms with E-state index < -0.39 is 47.9 Å². The summed E-state index contributed by atoms with van der Waals surface area (Å²) in [7, 11) is 0. The Morgan fingerprint density at radius 2 is 1.45 bits per heavy atom. The molecule has 4 unspecified atom stereocenters. The summed E-state index contributed by atoms with van der Waals surface area (Å²) < 4.78 is 0. The number of nitrogens with zero attached hydrogens (tertiary/aromatic N) is 1. The molecule has 0 saturated heterocycles. The highest BCUT2D eigenvalue weighted by Crippen LogP contribution is 2.09. The van der Waals surface area contributed by atoms with Gasteiger partial charge in [-0.3, -0.25) is 19.4 Å². The van der Waals surface area contributed by atoms with Crippen LogP contribution in [0.15, 0.2) is 4.99 Å². The van der Waals surface area contributed by atoms with Gasteiger partial charge in [-0.2, -0.15) is 11.8 Å². The SMILES string of the molecule is CSCCC(NC(=O)C(CC(C)C)NC(=O)C(CCCN=C(N)N)NC(=O)C(C)N)C(=O)O. The van der Waals surface area contributed by atoms with Gasteiger partial charge in [0, 0.05) is 6.54 Å². The van der Waals surface area contributed by atoms with Crippen LogP contribution in [-0.2, 0) is 19.2 Å². The van der Waals surface area contributed by atoms with E-state index in [4.69, 9.17) is 17.2 Å². The summed E-state index contributed by atoms with van der Waals surface area (Å²) in [5.41, 5.74) is 16.2. The van der Waals surface area contributed by atoms with Crippen molar-refractivity contribution in [2.24, 2.45) is 28.1 Å². The Morgan fingerprint density at radius 1 is 0.909 bits per heavy atom. The van der Waals surface area contributed by atoms with Gasteiger partial charge in [0.1, 0.15) is 18.1 Å². The molecule has 3 amide bonds. The van der Waals surface area contributed by atoms with Gasteiger partial charge in [-0.25, -0.2) is 4.79 Å². The van der Waals surface area contributed by atoms with Crippen LogP contribution in [0.3, 0.4) is 0 Å². The lowest BCUT2D eigenvalue weighted by Crippen LogP contribution is -2.57. The summed E-state index contributed by atoms with van der Waals surface area (Å²) in [6.07, 6.45) is 2.98. The monoisotopic (exact) mass is 489 g/mol. The first-order valence-corrected chi connectivity index (χ1v) is 12.2. The molecule has 0 saturated carbocycles. The van der Waals surface area contributed by atoms with Gasteiger partial charge in [-0.15, -0.1) is 0 Å². The van der Waals surface area contributed by atoms with Gasteiger partial charge in [-0.1, -0.05) is 13.8 Å². The van der Waals surface area contributed by atoms with E-state index in [9.17, 15) is 24.3 Å². The number of carbonyl (C=O) groups excluding carboxylic acids is 3. The first kappa shape index (κ1) is 30.5. The van der Waals surface area contributed by atoms with E-state index in [1.807, 2.05) is 20.1 Å². The number of carbonyl (C=O) groups is 4. The predicted molar refractivity (Wildman–Crippen MR) is 129 cm³/mol. The van der Waals surface area contributed by atoms with Crippen LogP contribution in [0.2, 0.25) is 0 Å². The molecule has 0 aliphatic carbocycles. The third-order valence-electron chi connectivity index (χ3n) is 4.56. The van der Waals surface area contributed by atoms with E-state index in [-0.39, 0.29) is 37.7 Å². The Morgan fingerprint density at radius 3 is 1.94 bits per heavy atom. The number of thioether (sulfide) groups is 1. The summed E-state index contributed by atoms with van der Waals surface area (Å²) in [4.78, 5) is 53.2. The first-order valence-electron chi connectivity index (χ1n) is 10.8. The Labute approximate surface area is 199 Å². The van der Waals surface area contributed by atoms with Crippen LogP contribution in [0.5, 0.6) is 0 Å². The molecule has 0 aromatic heterocycles. The maximum Gasteiger partial charge on any atom is 0.326 e. The predicted octanol–water partition coefficient (Wildman–Crippen LogP) is -1.27. The van der Waals surface area contributed by atoms with Crippen LogP contribution in [0.1, 0.15) is 46.5 Å². The van der Waals surface area contributed by atoms with Crippen molar-refractivity contribution in [3.8, 4) is 0 Å². The van der Waals surface area contributed by atoms with E-state index in [1.54, 1.807) is 0 Å². The van der Waals surface area contributed by atoms with Crippen LogP contribution in [0.25, 0.3) is 0 Å². The first-order chi connectivity index (χ1) is 15.4. The second-order valence-electron chi connectivity index (χ2n) is 8.17. The van der Waals surface area contributed by atoms with Crippen LogP contribution in [0.4, 0.5) is 0 Å². The number of amides is 3. The number of hydrogen-bond donors (Lipinski definition) is 7. The number of hydrogen-bond acceptors (Lipinski definition) is 7. The van der Waals surface area contributed by atoms with Gasteiger partial charge in [0.2, 0.25) is 17.7 Å². The third-order valence-corrected chi connectivity index (χ3v) is 5.20. The summed E-state index contributed by atoms with van der Waals surface area (Å²) in [5, 5.41) is 17.1. The lowest BCUT2D eigenvalue weighted by Gasteiger charge is -2.26. The molecule has 0 fully saturated rings. The van der Waals surface area contributed by atoms with E-state index in [0.717, 1.165) is 0 Å². The number of guanidine groups is 1. The minimum Gasteiger partial charge on any atom is -0.480 e. The minimum atomic E-state index is -1.14. The molecule has 4 atom stereocenters. The number of aliphatic carboxylic acids is 1. The maximum atomic E-state index is 13.0. The summed E-state index contributed by atoms with van der Waals surface area (Å²) in [5.74, 6) is -2.33. The highest BCUT2D eigenvalue weighted by atomic mass is 32.2. The van der Waals surface area contributed by atoms with Crippen molar-refractivity contribution in [1.29, 1.82) is 0 Å². The fourth-order valence-electron chi connectivity index (χ4n) is 2.82. The number of carboxylic acid groups (broad SMARTS) is 1. The summed E-state index contributed by atoms with van der Waals surface area (Å²) in [6.45, 7) is 5.49. The Kier molecular flexibility index (Phi) is 14.9. The van der Waals surface area contributed by atoms with Crippen LogP contribution >= 0.6 is 11.8 Å². The molecular formula is C20H39N7O5S. The molecule has 190 valence electrons. The van der Waals surface area contributed by atoms with Gasteiger partial charge in [0.25, 0.3) is 0 Å².